The van der Waals surface area contributed by atoms with Gasteiger partial charge in [-0.2, -0.15) is 0 Å². The van der Waals surface area contributed by atoms with Crippen molar-refractivity contribution >= 4 is 19.2 Å². The first-order valence-electron chi connectivity index (χ1n) is 10.7. The van der Waals surface area contributed by atoms with Gasteiger partial charge in [0.05, 0.1) is 5.76 Å². The van der Waals surface area contributed by atoms with Gasteiger partial charge in [0.1, 0.15) is 0 Å². The Kier molecular flexibility index (Phi) is 5.90. The molecular formula is C24H37NOSi. The van der Waals surface area contributed by atoms with Gasteiger partial charge in [-0.1, -0.05) is 66.7 Å². The summed E-state index contributed by atoms with van der Waals surface area (Å²) in [5, 5.41) is 1.35. The fourth-order valence-corrected chi connectivity index (χ4v) is 10.8. The second kappa shape index (κ2) is 7.87. The highest BCUT2D eigenvalue weighted by molar-refractivity contribution is 6.77. The predicted molar refractivity (Wildman–Crippen MR) is 120 cm³/mol. The van der Waals surface area contributed by atoms with E-state index in [4.69, 9.17) is 4.43 Å². The molecule has 1 aliphatic rings. The molecule has 0 spiro atoms. The van der Waals surface area contributed by atoms with Gasteiger partial charge in [0, 0.05) is 29.4 Å². The summed E-state index contributed by atoms with van der Waals surface area (Å²) in [6, 6.07) is 8.65. The van der Waals surface area contributed by atoms with Crippen LogP contribution in [0.3, 0.4) is 0 Å². The van der Waals surface area contributed by atoms with Crippen LogP contribution in [0.15, 0.2) is 42.3 Å². The van der Waals surface area contributed by atoms with Gasteiger partial charge in [0.15, 0.2) is 0 Å². The topological polar surface area (TPSA) is 25.0 Å². The van der Waals surface area contributed by atoms with Crippen molar-refractivity contribution in [2.24, 2.45) is 5.92 Å². The van der Waals surface area contributed by atoms with Crippen LogP contribution in [0.25, 0.3) is 10.9 Å². The Labute approximate surface area is 166 Å². The van der Waals surface area contributed by atoms with Crippen molar-refractivity contribution in [1.29, 1.82) is 0 Å². The maximum Gasteiger partial charge on any atom is 0.258 e. The molecule has 2 atom stereocenters. The fourth-order valence-electron chi connectivity index (χ4n) is 5.43. The van der Waals surface area contributed by atoms with E-state index in [9.17, 15) is 0 Å². The van der Waals surface area contributed by atoms with Gasteiger partial charge in [0.2, 0.25) is 0 Å². The number of H-pyrrole nitrogens is 1. The van der Waals surface area contributed by atoms with Gasteiger partial charge in [-0.05, 0) is 46.7 Å². The lowest BCUT2D eigenvalue weighted by atomic mass is 9.80. The predicted octanol–water partition coefficient (Wildman–Crippen LogP) is 7.76. The molecule has 2 aromatic rings. The van der Waals surface area contributed by atoms with Crippen LogP contribution in [0.1, 0.15) is 72.8 Å². The van der Waals surface area contributed by atoms with Gasteiger partial charge in [0.25, 0.3) is 8.32 Å². The molecule has 3 rings (SSSR count). The van der Waals surface area contributed by atoms with E-state index >= 15 is 0 Å². The minimum absolute atomic E-state index is 0.433. The van der Waals surface area contributed by atoms with Gasteiger partial charge < -0.3 is 9.41 Å². The Bertz CT molecular complexity index is 780. The number of benzene rings is 1. The second-order valence-electron chi connectivity index (χ2n) is 9.38. The van der Waals surface area contributed by atoms with E-state index in [0.717, 1.165) is 6.42 Å². The van der Waals surface area contributed by atoms with Crippen molar-refractivity contribution in [3.05, 3.63) is 47.9 Å². The van der Waals surface area contributed by atoms with Crippen LogP contribution in [0.5, 0.6) is 0 Å². The van der Waals surface area contributed by atoms with Crippen LogP contribution in [-0.4, -0.2) is 13.3 Å². The van der Waals surface area contributed by atoms with Crippen LogP contribution in [-0.2, 0) is 4.43 Å². The number of rotatable bonds is 6. The van der Waals surface area contributed by atoms with Gasteiger partial charge in [-0.3, -0.25) is 0 Å². The number of aromatic nitrogens is 1. The van der Waals surface area contributed by atoms with E-state index in [1.54, 1.807) is 0 Å². The van der Waals surface area contributed by atoms with Crippen molar-refractivity contribution in [2.75, 3.05) is 0 Å². The van der Waals surface area contributed by atoms with E-state index in [-0.39, 0.29) is 0 Å². The molecule has 27 heavy (non-hydrogen) atoms. The summed E-state index contributed by atoms with van der Waals surface area (Å²) >= 11 is 0. The number of aromatic amines is 1. The lowest BCUT2D eigenvalue weighted by Crippen LogP contribution is -2.47. The normalized spacial score (nSPS) is 21.3. The monoisotopic (exact) mass is 383 g/mol. The summed E-state index contributed by atoms with van der Waals surface area (Å²) in [6.45, 7) is 16.6. The number of nitrogens with one attached hydrogen (secondary N) is 1. The van der Waals surface area contributed by atoms with Crippen LogP contribution in [0, 0.1) is 5.92 Å². The molecule has 3 heteroatoms. The van der Waals surface area contributed by atoms with Crippen molar-refractivity contribution in [1.82, 2.24) is 4.98 Å². The molecule has 0 amide bonds. The largest absolute Gasteiger partial charge is 0.546 e. The van der Waals surface area contributed by atoms with E-state index in [1.807, 2.05) is 0 Å². The molecule has 1 aromatic heterocycles. The molecule has 0 saturated carbocycles. The molecule has 0 fully saturated rings. The van der Waals surface area contributed by atoms with Crippen molar-refractivity contribution in [3.8, 4) is 0 Å². The third-order valence-electron chi connectivity index (χ3n) is 6.82. The molecule has 0 saturated heterocycles. The average molecular weight is 384 g/mol. The Balaban J connectivity index is 1.98. The number of hydrogen-bond acceptors (Lipinski definition) is 1. The third kappa shape index (κ3) is 3.63. The maximum absolute atomic E-state index is 7.04. The average Bonchev–Trinajstić information content (AvgIpc) is 3.04. The summed E-state index contributed by atoms with van der Waals surface area (Å²) in [5.41, 5.74) is 4.50. The number of hydrogen-bond donors (Lipinski definition) is 1. The van der Waals surface area contributed by atoms with E-state index in [2.05, 4.69) is 90.0 Å². The minimum Gasteiger partial charge on any atom is -0.546 e. The number of allylic oxidation sites excluding steroid dienone is 2. The Morgan fingerprint density at radius 3 is 2.26 bits per heavy atom. The van der Waals surface area contributed by atoms with Gasteiger partial charge in [-0.25, -0.2) is 0 Å². The zero-order valence-electron chi connectivity index (χ0n) is 18.2. The van der Waals surface area contributed by atoms with E-state index in [0.29, 0.717) is 28.5 Å². The van der Waals surface area contributed by atoms with Crippen LogP contribution in [0.2, 0.25) is 16.6 Å². The first-order valence-corrected chi connectivity index (χ1v) is 12.9. The Morgan fingerprint density at radius 1 is 1.00 bits per heavy atom. The number of fused-ring (bicyclic) bond motifs is 1. The lowest BCUT2D eigenvalue weighted by molar-refractivity contribution is 0.313. The SMILES string of the molecule is CC1CCC(O[Si](C(C)C)(C(C)C)C(C)C)=C[C@@H]1c1c[nH]c2ccccc12. The number of para-hydroxylation sites is 1. The molecule has 2 nitrogen and oxygen atoms in total. The Hall–Kier alpha value is -1.48. The molecule has 148 valence electrons. The van der Waals surface area contributed by atoms with Crippen molar-refractivity contribution < 1.29 is 4.43 Å². The summed E-state index contributed by atoms with van der Waals surface area (Å²) in [6.07, 6.45) is 6.96. The molecule has 1 aromatic carbocycles. The molecule has 1 unspecified atom stereocenters. The highest BCUT2D eigenvalue weighted by atomic mass is 28.4. The molecule has 1 aliphatic carbocycles. The highest BCUT2D eigenvalue weighted by Gasteiger charge is 2.47. The summed E-state index contributed by atoms with van der Waals surface area (Å²) in [7, 11) is -1.88. The minimum atomic E-state index is -1.88. The summed E-state index contributed by atoms with van der Waals surface area (Å²) in [5.74, 6) is 2.33. The second-order valence-corrected chi connectivity index (χ2v) is 14.8. The first-order chi connectivity index (χ1) is 12.8. The van der Waals surface area contributed by atoms with Crippen molar-refractivity contribution in [3.63, 3.8) is 0 Å². The van der Waals surface area contributed by atoms with E-state index in [1.165, 1.54) is 28.6 Å². The first kappa shape index (κ1) is 20.3. The lowest BCUT2D eigenvalue weighted by Gasteiger charge is -2.44. The maximum atomic E-state index is 7.04. The standard InChI is InChI=1S/C24H37NOSi/c1-16(2)27(17(3)4,18(5)6)26-20-13-12-19(7)22(14-20)23-15-25-24-11-9-8-10-21(23)24/h8-11,14-19,22,25H,12-13H2,1-7H3/t19?,22-/m0/s1. The van der Waals surface area contributed by atoms with Gasteiger partial charge >= 0.3 is 0 Å². The third-order valence-corrected chi connectivity index (χ3v) is 12.8. The molecule has 1 N–H and O–H groups in total. The highest BCUT2D eigenvalue weighted by Crippen LogP contribution is 2.46. The van der Waals surface area contributed by atoms with Crippen LogP contribution >= 0.6 is 0 Å². The van der Waals surface area contributed by atoms with Crippen LogP contribution in [0.4, 0.5) is 0 Å². The summed E-state index contributed by atoms with van der Waals surface area (Å²) < 4.78 is 7.04. The zero-order valence-corrected chi connectivity index (χ0v) is 19.2. The molecular weight excluding hydrogens is 346 g/mol. The van der Waals surface area contributed by atoms with Gasteiger partial charge in [-0.15, -0.1) is 0 Å². The molecule has 0 aliphatic heterocycles. The molecule has 0 bridgehead atoms. The van der Waals surface area contributed by atoms with Crippen LogP contribution < -0.4 is 0 Å². The summed E-state index contributed by atoms with van der Waals surface area (Å²) in [4.78, 5) is 3.46. The zero-order chi connectivity index (χ0) is 19.8. The smallest absolute Gasteiger partial charge is 0.258 e. The quantitative estimate of drug-likeness (QED) is 0.507. The molecule has 0 radical (unpaired) electrons. The van der Waals surface area contributed by atoms with E-state index < -0.39 is 8.32 Å². The Morgan fingerprint density at radius 2 is 1.63 bits per heavy atom. The van der Waals surface area contributed by atoms with Crippen molar-refractivity contribution in [2.45, 2.75) is 83.8 Å². The fraction of sp³-hybridized carbons (Fsp3) is 0.583. The molecule has 1 heterocycles.